The van der Waals surface area contributed by atoms with E-state index in [2.05, 4.69) is 0 Å². The average Bonchev–Trinajstić information content (AvgIpc) is 2.50. The van der Waals surface area contributed by atoms with Crippen molar-refractivity contribution in [1.82, 2.24) is 0 Å². The molecule has 132 valence electrons. The van der Waals surface area contributed by atoms with Crippen molar-refractivity contribution in [3.8, 4) is 11.5 Å². The standard InChI is InChI=1S/C20H22O5/c1-9-8-13(21)24-19-14(9)18-12(6-7-20(4,5)25-18)17-15(19)16(22)10(2)11(3)23-17/h6-8,10-11,16,22H,1-5H3/t10-,11-,16-/m1/s1. The van der Waals surface area contributed by atoms with Gasteiger partial charge in [-0.3, -0.25) is 0 Å². The van der Waals surface area contributed by atoms with Crippen molar-refractivity contribution >= 4 is 17.0 Å². The van der Waals surface area contributed by atoms with Crippen LogP contribution in [0, 0.1) is 12.8 Å². The molecule has 5 nitrogen and oxygen atoms in total. The largest absolute Gasteiger partial charge is 0.489 e. The first kappa shape index (κ1) is 16.2. The van der Waals surface area contributed by atoms with E-state index in [0.717, 1.165) is 16.5 Å². The first-order chi connectivity index (χ1) is 11.7. The molecule has 0 fully saturated rings. The number of ether oxygens (including phenoxy) is 2. The number of benzene rings is 1. The van der Waals surface area contributed by atoms with Gasteiger partial charge in [-0.15, -0.1) is 0 Å². The quantitative estimate of drug-likeness (QED) is 0.739. The van der Waals surface area contributed by atoms with Crippen molar-refractivity contribution in [2.24, 2.45) is 5.92 Å². The lowest BCUT2D eigenvalue weighted by molar-refractivity contribution is 0.0173. The zero-order valence-corrected chi connectivity index (χ0v) is 15.0. The summed E-state index contributed by atoms with van der Waals surface area (Å²) in [7, 11) is 0. The second-order valence-corrected chi connectivity index (χ2v) is 7.60. The number of aryl methyl sites for hydroxylation is 1. The van der Waals surface area contributed by atoms with E-state index in [9.17, 15) is 9.90 Å². The van der Waals surface area contributed by atoms with Crippen LogP contribution in [0.5, 0.6) is 11.5 Å². The third kappa shape index (κ3) is 2.29. The Kier molecular flexibility index (Phi) is 3.32. The van der Waals surface area contributed by atoms with E-state index in [1.165, 1.54) is 6.07 Å². The topological polar surface area (TPSA) is 68.9 Å². The molecule has 25 heavy (non-hydrogen) atoms. The second kappa shape index (κ2) is 5.11. The fraction of sp³-hybridized carbons (Fsp3) is 0.450. The molecule has 2 aliphatic rings. The van der Waals surface area contributed by atoms with E-state index in [0.29, 0.717) is 22.6 Å². The van der Waals surface area contributed by atoms with Crippen molar-refractivity contribution in [3.05, 3.63) is 39.3 Å². The number of hydrogen-bond acceptors (Lipinski definition) is 5. The second-order valence-electron chi connectivity index (χ2n) is 7.60. The summed E-state index contributed by atoms with van der Waals surface area (Å²) in [5.74, 6) is 1.06. The van der Waals surface area contributed by atoms with Crippen LogP contribution < -0.4 is 15.1 Å². The summed E-state index contributed by atoms with van der Waals surface area (Å²) < 4.78 is 17.9. The van der Waals surface area contributed by atoms with Crippen molar-refractivity contribution in [3.63, 3.8) is 0 Å². The Bertz CT molecular complexity index is 966. The Morgan fingerprint density at radius 2 is 1.92 bits per heavy atom. The lowest BCUT2D eigenvalue weighted by atomic mass is 9.85. The molecule has 3 atom stereocenters. The average molecular weight is 342 g/mol. The Labute approximate surface area is 145 Å². The van der Waals surface area contributed by atoms with Gasteiger partial charge in [0.15, 0.2) is 5.58 Å². The van der Waals surface area contributed by atoms with E-state index in [1.54, 1.807) is 0 Å². The van der Waals surface area contributed by atoms with Crippen LogP contribution in [0.25, 0.3) is 17.0 Å². The first-order valence-electron chi connectivity index (χ1n) is 8.57. The van der Waals surface area contributed by atoms with Gasteiger partial charge in [0.1, 0.15) is 23.2 Å². The van der Waals surface area contributed by atoms with Crippen LogP contribution in [0.2, 0.25) is 0 Å². The van der Waals surface area contributed by atoms with Crippen molar-refractivity contribution in [2.45, 2.75) is 52.4 Å². The Balaban J connectivity index is 2.18. The Hall–Kier alpha value is -2.27. The van der Waals surface area contributed by atoms with E-state index in [-0.39, 0.29) is 12.0 Å². The van der Waals surface area contributed by atoms with E-state index < -0.39 is 17.3 Å². The molecule has 0 unspecified atom stereocenters. The van der Waals surface area contributed by atoms with Crippen LogP contribution in [-0.4, -0.2) is 16.8 Å². The zero-order valence-electron chi connectivity index (χ0n) is 15.0. The number of aliphatic hydroxyl groups is 1. The highest BCUT2D eigenvalue weighted by molar-refractivity contribution is 5.97. The van der Waals surface area contributed by atoms with Gasteiger partial charge < -0.3 is 19.0 Å². The molecule has 2 aliphatic heterocycles. The fourth-order valence-corrected chi connectivity index (χ4v) is 3.61. The van der Waals surface area contributed by atoms with Crippen LogP contribution >= 0.6 is 0 Å². The van der Waals surface area contributed by atoms with Gasteiger partial charge in [0.25, 0.3) is 0 Å². The van der Waals surface area contributed by atoms with Gasteiger partial charge in [-0.25, -0.2) is 4.79 Å². The molecule has 1 N–H and O–H groups in total. The molecule has 0 spiro atoms. The number of rotatable bonds is 0. The van der Waals surface area contributed by atoms with Crippen LogP contribution in [0.3, 0.4) is 0 Å². The van der Waals surface area contributed by atoms with E-state index >= 15 is 0 Å². The number of aliphatic hydroxyl groups excluding tert-OH is 1. The van der Waals surface area contributed by atoms with Gasteiger partial charge in [0, 0.05) is 12.0 Å². The van der Waals surface area contributed by atoms with Crippen molar-refractivity contribution in [1.29, 1.82) is 0 Å². The first-order valence-corrected chi connectivity index (χ1v) is 8.57. The van der Waals surface area contributed by atoms with Gasteiger partial charge in [-0.2, -0.15) is 0 Å². The summed E-state index contributed by atoms with van der Waals surface area (Å²) in [6.07, 6.45) is 2.99. The molecule has 2 aromatic rings. The third-order valence-corrected chi connectivity index (χ3v) is 5.22. The molecular formula is C20H22O5. The lowest BCUT2D eigenvalue weighted by Crippen LogP contribution is -2.34. The summed E-state index contributed by atoms with van der Waals surface area (Å²) in [6.45, 7) is 9.63. The molecular weight excluding hydrogens is 320 g/mol. The maximum absolute atomic E-state index is 12.0. The SMILES string of the molecule is Cc1cc(=O)oc2c3c(c4c(c12)OC(C)(C)C=C4)O[C@H](C)[C@@H](C)[C@H]3O. The molecule has 0 amide bonds. The predicted octanol–water partition coefficient (Wildman–Crippen LogP) is 3.74. The highest BCUT2D eigenvalue weighted by Crippen LogP contribution is 2.51. The monoisotopic (exact) mass is 342 g/mol. The molecule has 3 heterocycles. The molecule has 0 saturated carbocycles. The molecule has 0 radical (unpaired) electrons. The smallest absolute Gasteiger partial charge is 0.336 e. The predicted molar refractivity (Wildman–Crippen MR) is 95.2 cm³/mol. The van der Waals surface area contributed by atoms with Crippen LogP contribution in [0.15, 0.2) is 21.4 Å². The highest BCUT2D eigenvalue weighted by atomic mass is 16.5. The lowest BCUT2D eigenvalue weighted by Gasteiger charge is -2.37. The summed E-state index contributed by atoms with van der Waals surface area (Å²) in [6, 6.07) is 1.45. The van der Waals surface area contributed by atoms with Gasteiger partial charge in [-0.05, 0) is 45.4 Å². The number of hydrogen-bond donors (Lipinski definition) is 1. The summed E-state index contributed by atoms with van der Waals surface area (Å²) in [4.78, 5) is 12.0. The third-order valence-electron chi connectivity index (χ3n) is 5.22. The Morgan fingerprint density at radius 1 is 1.20 bits per heavy atom. The van der Waals surface area contributed by atoms with Crippen molar-refractivity contribution in [2.75, 3.05) is 0 Å². The highest BCUT2D eigenvalue weighted by Gasteiger charge is 2.39. The van der Waals surface area contributed by atoms with Gasteiger partial charge in [0.2, 0.25) is 0 Å². The van der Waals surface area contributed by atoms with Crippen LogP contribution in [-0.2, 0) is 0 Å². The zero-order chi connectivity index (χ0) is 18.1. The molecule has 4 rings (SSSR count). The van der Waals surface area contributed by atoms with Gasteiger partial charge >= 0.3 is 5.63 Å². The van der Waals surface area contributed by atoms with Crippen molar-refractivity contribution < 1.29 is 19.0 Å². The maximum Gasteiger partial charge on any atom is 0.336 e. The minimum absolute atomic E-state index is 0.121. The van der Waals surface area contributed by atoms with E-state index in [4.69, 9.17) is 13.9 Å². The normalized spacial score (nSPS) is 26.6. The summed E-state index contributed by atoms with van der Waals surface area (Å²) in [5.41, 5.74) is 1.51. The Morgan fingerprint density at radius 3 is 2.64 bits per heavy atom. The van der Waals surface area contributed by atoms with Crippen LogP contribution in [0.1, 0.15) is 50.5 Å². The molecule has 1 aromatic carbocycles. The molecule has 0 aliphatic carbocycles. The summed E-state index contributed by atoms with van der Waals surface area (Å²) >= 11 is 0. The number of fused-ring (bicyclic) bond motifs is 6. The van der Waals surface area contributed by atoms with E-state index in [1.807, 2.05) is 46.8 Å². The molecule has 0 saturated heterocycles. The van der Waals surface area contributed by atoms with Gasteiger partial charge in [-0.1, -0.05) is 6.92 Å². The summed E-state index contributed by atoms with van der Waals surface area (Å²) in [5, 5.41) is 11.6. The fourth-order valence-electron chi connectivity index (χ4n) is 3.61. The maximum atomic E-state index is 12.0. The molecule has 5 heteroatoms. The van der Waals surface area contributed by atoms with Gasteiger partial charge in [0.05, 0.1) is 22.6 Å². The molecule has 1 aromatic heterocycles. The molecule has 0 bridgehead atoms. The minimum Gasteiger partial charge on any atom is -0.489 e. The minimum atomic E-state index is -0.778. The van der Waals surface area contributed by atoms with Crippen LogP contribution in [0.4, 0.5) is 0 Å².